The van der Waals surface area contributed by atoms with Gasteiger partial charge in [-0.05, 0) is 6.92 Å². The van der Waals surface area contributed by atoms with Crippen LogP contribution in [0.4, 0.5) is 0 Å². The molecule has 0 saturated heterocycles. The molecule has 0 aromatic rings. The van der Waals surface area contributed by atoms with Gasteiger partial charge in [0.05, 0.1) is 7.05 Å². The summed E-state index contributed by atoms with van der Waals surface area (Å²) in [6, 6.07) is 0. The van der Waals surface area contributed by atoms with Gasteiger partial charge in [0, 0.05) is 6.20 Å². The van der Waals surface area contributed by atoms with Crippen LogP contribution in [0.3, 0.4) is 0 Å². The van der Waals surface area contributed by atoms with Gasteiger partial charge in [-0.25, -0.2) is 5.01 Å². The number of rotatable bonds is 4. The fraction of sp³-hybridized carbons (Fsp3) is 0.500. The topological polar surface area (TPSA) is 45.0 Å². The molecular weight excluding hydrogens is 130 g/mol. The van der Waals surface area contributed by atoms with Gasteiger partial charge in [0.15, 0.2) is 5.78 Å². The number of ketones is 1. The first kappa shape index (κ1) is 8.81. The maximum absolute atomic E-state index is 10.5. The Hall–Kier alpha value is -1.19. The second-order valence-electron chi connectivity index (χ2n) is 1.77. The summed E-state index contributed by atoms with van der Waals surface area (Å²) in [5, 5.41) is 8.47. The monoisotopic (exact) mass is 141 g/mol. The highest BCUT2D eigenvalue weighted by Gasteiger charge is 1.97. The number of carbonyl (C=O) groups is 1. The van der Waals surface area contributed by atoms with Gasteiger partial charge in [0.25, 0.3) is 0 Å². The summed E-state index contributed by atoms with van der Waals surface area (Å²) >= 11 is 0. The molecule has 0 aromatic carbocycles. The normalized spacial score (nSPS) is 9.80. The minimum Gasteiger partial charge on any atom is -0.298 e. The molecule has 0 aliphatic rings. The van der Waals surface area contributed by atoms with E-state index in [1.807, 2.05) is 0 Å². The van der Waals surface area contributed by atoms with E-state index in [1.54, 1.807) is 0 Å². The maximum Gasteiger partial charge on any atom is 0.151 e. The van der Waals surface area contributed by atoms with Crippen molar-refractivity contribution in [3.63, 3.8) is 0 Å². The van der Waals surface area contributed by atoms with E-state index >= 15 is 0 Å². The van der Waals surface area contributed by atoms with E-state index in [4.69, 9.17) is 0 Å². The Bertz CT molecular complexity index is 153. The van der Waals surface area contributed by atoms with Gasteiger partial charge in [-0.1, -0.05) is 11.8 Å². The smallest absolute Gasteiger partial charge is 0.151 e. The van der Waals surface area contributed by atoms with Gasteiger partial charge in [-0.3, -0.25) is 4.79 Å². The molecule has 0 amide bonds. The Morgan fingerprint density at radius 3 is 2.70 bits per heavy atom. The summed E-state index contributed by atoms with van der Waals surface area (Å²) < 4.78 is 0. The zero-order valence-electron chi connectivity index (χ0n) is 6.24. The highest BCUT2D eigenvalue weighted by atomic mass is 16.1. The molecule has 4 nitrogen and oxygen atoms in total. The first-order valence-electron chi connectivity index (χ1n) is 2.89. The van der Waals surface area contributed by atoms with Gasteiger partial charge >= 0.3 is 0 Å². The predicted molar refractivity (Wildman–Crippen MR) is 38.4 cm³/mol. The lowest BCUT2D eigenvalue weighted by molar-refractivity contribution is -0.117. The third-order valence-corrected chi connectivity index (χ3v) is 0.800. The van der Waals surface area contributed by atoms with Crippen LogP contribution in [-0.4, -0.2) is 24.4 Å². The quantitative estimate of drug-likeness (QED) is 0.433. The van der Waals surface area contributed by atoms with Gasteiger partial charge in [-0.2, -0.15) is 5.11 Å². The number of Topliss-reactive ketones (excluding diaryl/α,β-unsaturated/α-hetero) is 1. The van der Waals surface area contributed by atoms with E-state index in [9.17, 15) is 4.79 Å². The second kappa shape index (κ2) is 4.67. The van der Waals surface area contributed by atoms with Crippen molar-refractivity contribution in [2.75, 3.05) is 13.6 Å². The minimum atomic E-state index is 0.0345. The Morgan fingerprint density at radius 2 is 2.40 bits per heavy atom. The number of hydrogen-bond donors (Lipinski definition) is 0. The minimum absolute atomic E-state index is 0.0345. The molecule has 0 atom stereocenters. The molecule has 0 unspecified atom stereocenters. The third-order valence-electron chi connectivity index (χ3n) is 0.800. The van der Waals surface area contributed by atoms with Gasteiger partial charge in [0.2, 0.25) is 0 Å². The molecule has 0 spiro atoms. The standard InChI is InChI=1S/C6H11N3O/c1-4-9(8-7-3)5-6(2)10/h4H,1,5H2,2-3H3. The summed E-state index contributed by atoms with van der Waals surface area (Å²) in [5.41, 5.74) is 0. The van der Waals surface area contributed by atoms with Crippen LogP contribution in [0.1, 0.15) is 6.92 Å². The van der Waals surface area contributed by atoms with Crippen molar-refractivity contribution in [2.24, 2.45) is 10.3 Å². The van der Waals surface area contributed by atoms with E-state index in [1.165, 1.54) is 25.2 Å². The Balaban J connectivity index is 3.83. The molecular formula is C6H11N3O. The lowest BCUT2D eigenvalue weighted by atomic mass is 10.4. The van der Waals surface area contributed by atoms with Crippen LogP contribution >= 0.6 is 0 Å². The van der Waals surface area contributed by atoms with Crippen LogP contribution < -0.4 is 0 Å². The zero-order valence-corrected chi connectivity index (χ0v) is 6.24. The van der Waals surface area contributed by atoms with Crippen LogP contribution in [0.5, 0.6) is 0 Å². The van der Waals surface area contributed by atoms with E-state index in [0.29, 0.717) is 0 Å². The van der Waals surface area contributed by atoms with Crippen molar-refractivity contribution in [1.29, 1.82) is 0 Å². The fourth-order valence-corrected chi connectivity index (χ4v) is 0.476. The van der Waals surface area contributed by atoms with Crippen LogP contribution in [-0.2, 0) is 4.79 Å². The molecule has 0 fully saturated rings. The molecule has 0 saturated carbocycles. The first-order valence-corrected chi connectivity index (χ1v) is 2.89. The largest absolute Gasteiger partial charge is 0.298 e. The van der Waals surface area contributed by atoms with Gasteiger partial charge in [0.1, 0.15) is 6.54 Å². The average molecular weight is 141 g/mol. The van der Waals surface area contributed by atoms with E-state index < -0.39 is 0 Å². The van der Waals surface area contributed by atoms with Crippen molar-refractivity contribution in [1.82, 2.24) is 5.01 Å². The maximum atomic E-state index is 10.5. The first-order chi connectivity index (χ1) is 4.70. The lowest BCUT2D eigenvalue weighted by Crippen LogP contribution is -2.16. The molecule has 56 valence electrons. The SMILES string of the molecule is C=CN(CC(C)=O)N=NC. The summed E-state index contributed by atoms with van der Waals surface area (Å²) in [6.45, 7) is 5.18. The number of nitrogens with zero attached hydrogens (tertiary/aromatic N) is 3. The van der Waals surface area contributed by atoms with Crippen molar-refractivity contribution in [2.45, 2.75) is 6.92 Å². The third kappa shape index (κ3) is 3.77. The summed E-state index contributed by atoms with van der Waals surface area (Å²) in [4.78, 5) is 10.5. The van der Waals surface area contributed by atoms with Crippen LogP contribution in [0, 0.1) is 0 Å². The highest BCUT2D eigenvalue weighted by molar-refractivity contribution is 5.77. The Kier molecular flexibility index (Phi) is 4.11. The molecule has 0 aliphatic heterocycles. The molecule has 0 aromatic heterocycles. The Morgan fingerprint density at radius 1 is 1.80 bits per heavy atom. The molecule has 0 bridgehead atoms. The predicted octanol–water partition coefficient (Wildman–Crippen LogP) is 1.02. The van der Waals surface area contributed by atoms with Crippen molar-refractivity contribution in [3.05, 3.63) is 12.8 Å². The Labute approximate surface area is 60.2 Å². The van der Waals surface area contributed by atoms with Crippen molar-refractivity contribution in [3.8, 4) is 0 Å². The number of carbonyl (C=O) groups excluding carboxylic acids is 1. The lowest BCUT2D eigenvalue weighted by Gasteiger charge is -2.07. The fourth-order valence-electron chi connectivity index (χ4n) is 0.476. The van der Waals surface area contributed by atoms with E-state index in [2.05, 4.69) is 16.9 Å². The zero-order chi connectivity index (χ0) is 7.98. The summed E-state index contributed by atoms with van der Waals surface area (Å²) in [5.74, 6) is 0.0345. The number of hydrogen-bond acceptors (Lipinski definition) is 3. The van der Waals surface area contributed by atoms with Crippen LogP contribution in [0.15, 0.2) is 23.1 Å². The summed E-state index contributed by atoms with van der Waals surface area (Å²) in [7, 11) is 1.54. The van der Waals surface area contributed by atoms with E-state index in [-0.39, 0.29) is 12.3 Å². The molecule has 0 rings (SSSR count). The molecule has 4 heteroatoms. The van der Waals surface area contributed by atoms with Crippen LogP contribution in [0.25, 0.3) is 0 Å². The van der Waals surface area contributed by atoms with Gasteiger partial charge in [-0.15, -0.1) is 0 Å². The molecule has 0 heterocycles. The molecule has 0 N–H and O–H groups in total. The molecule has 0 aliphatic carbocycles. The van der Waals surface area contributed by atoms with Crippen molar-refractivity contribution >= 4 is 5.78 Å². The second-order valence-corrected chi connectivity index (χ2v) is 1.77. The summed E-state index contributed by atoms with van der Waals surface area (Å²) in [6.07, 6.45) is 1.45. The van der Waals surface area contributed by atoms with Crippen molar-refractivity contribution < 1.29 is 4.79 Å². The van der Waals surface area contributed by atoms with E-state index in [0.717, 1.165) is 0 Å². The van der Waals surface area contributed by atoms with Crippen LogP contribution in [0.2, 0.25) is 0 Å². The van der Waals surface area contributed by atoms with Gasteiger partial charge < -0.3 is 0 Å². The highest BCUT2D eigenvalue weighted by Crippen LogP contribution is 1.89. The average Bonchev–Trinajstić information content (AvgIpc) is 1.86. The molecule has 10 heavy (non-hydrogen) atoms. The molecule has 0 radical (unpaired) electrons.